The maximum absolute atomic E-state index is 11.8. The van der Waals surface area contributed by atoms with Crippen molar-refractivity contribution in [2.45, 2.75) is 12.8 Å². The minimum absolute atomic E-state index is 0.370. The van der Waals surface area contributed by atoms with E-state index < -0.39 is 5.91 Å². The molecule has 1 heterocycles. The fourth-order valence-electron chi connectivity index (χ4n) is 3.07. The molecule has 0 aliphatic heterocycles. The van der Waals surface area contributed by atoms with Crippen molar-refractivity contribution in [3.05, 3.63) is 89.1 Å². The summed E-state index contributed by atoms with van der Waals surface area (Å²) >= 11 is 1.55. The molecule has 0 unspecified atom stereocenters. The lowest BCUT2D eigenvalue weighted by atomic mass is 10.0. The Balaban J connectivity index is 1.59. The Labute approximate surface area is 156 Å². The van der Waals surface area contributed by atoms with Gasteiger partial charge in [-0.15, -0.1) is 11.3 Å². The Kier molecular flexibility index (Phi) is 4.50. The molecule has 0 spiro atoms. The van der Waals surface area contributed by atoms with Crippen molar-refractivity contribution < 1.29 is 4.79 Å². The molecule has 3 nitrogen and oxygen atoms in total. The molecular formula is C22H18N2OS. The lowest BCUT2D eigenvalue weighted by Gasteiger charge is -2.02. The second-order valence-corrected chi connectivity index (χ2v) is 7.28. The van der Waals surface area contributed by atoms with Crippen LogP contribution < -0.4 is 5.73 Å². The predicted octanol–water partition coefficient (Wildman–Crippen LogP) is 4.85. The first kappa shape index (κ1) is 16.5. The molecule has 0 radical (unpaired) electrons. The largest absolute Gasteiger partial charge is 0.364 e. The molecule has 0 aliphatic rings. The summed E-state index contributed by atoms with van der Waals surface area (Å²) in [5, 5.41) is 3.42. The average molecular weight is 358 g/mol. The number of aryl methyl sites for hydroxylation is 2. The first-order valence-corrected chi connectivity index (χ1v) is 9.35. The fourth-order valence-corrected chi connectivity index (χ4v) is 4.14. The summed E-state index contributed by atoms with van der Waals surface area (Å²) in [6.45, 7) is 0. The van der Waals surface area contributed by atoms with Gasteiger partial charge >= 0.3 is 0 Å². The molecule has 2 N–H and O–H groups in total. The van der Waals surface area contributed by atoms with Crippen LogP contribution in [0.25, 0.3) is 21.2 Å². The highest BCUT2D eigenvalue weighted by molar-refractivity contribution is 7.15. The molecule has 0 saturated carbocycles. The van der Waals surface area contributed by atoms with Gasteiger partial charge in [-0.3, -0.25) is 4.79 Å². The molecule has 0 bridgehead atoms. The van der Waals surface area contributed by atoms with E-state index in [9.17, 15) is 4.79 Å². The Morgan fingerprint density at radius 3 is 2.38 bits per heavy atom. The van der Waals surface area contributed by atoms with Gasteiger partial charge < -0.3 is 5.73 Å². The van der Waals surface area contributed by atoms with Crippen molar-refractivity contribution >= 4 is 28.0 Å². The van der Waals surface area contributed by atoms with Crippen molar-refractivity contribution in [1.82, 2.24) is 4.98 Å². The highest BCUT2D eigenvalue weighted by Gasteiger charge is 2.17. The SMILES string of the molecule is NC(=O)c1nc(CCc2ccc3ccccc3c2)sc1-c1ccccc1. The molecule has 4 aromatic rings. The molecular weight excluding hydrogens is 340 g/mol. The Bertz CT molecular complexity index is 1070. The van der Waals surface area contributed by atoms with Crippen LogP contribution in [0.5, 0.6) is 0 Å². The van der Waals surface area contributed by atoms with Gasteiger partial charge in [-0.25, -0.2) is 4.98 Å². The van der Waals surface area contributed by atoms with Gasteiger partial charge in [-0.2, -0.15) is 0 Å². The number of nitrogens with zero attached hydrogens (tertiary/aromatic N) is 1. The second-order valence-electron chi connectivity index (χ2n) is 6.20. The van der Waals surface area contributed by atoms with Crippen molar-refractivity contribution in [3.63, 3.8) is 0 Å². The number of thiazole rings is 1. The molecule has 0 saturated heterocycles. The van der Waals surface area contributed by atoms with Gasteiger partial charge in [0, 0.05) is 6.42 Å². The van der Waals surface area contributed by atoms with Crippen LogP contribution in [0.2, 0.25) is 0 Å². The van der Waals surface area contributed by atoms with Crippen LogP contribution in [-0.2, 0) is 12.8 Å². The van der Waals surface area contributed by atoms with Crippen LogP contribution in [0.4, 0.5) is 0 Å². The third kappa shape index (κ3) is 3.37. The maximum atomic E-state index is 11.8. The number of primary amides is 1. The molecule has 1 amide bonds. The Morgan fingerprint density at radius 2 is 1.62 bits per heavy atom. The van der Waals surface area contributed by atoms with E-state index in [0.29, 0.717) is 5.69 Å². The second kappa shape index (κ2) is 7.10. The summed E-state index contributed by atoms with van der Waals surface area (Å²) in [6.07, 6.45) is 1.67. The number of nitrogens with two attached hydrogens (primary N) is 1. The topological polar surface area (TPSA) is 56.0 Å². The van der Waals surface area contributed by atoms with Gasteiger partial charge in [0.05, 0.1) is 9.88 Å². The normalized spacial score (nSPS) is 10.9. The van der Waals surface area contributed by atoms with Crippen LogP contribution in [0, 0.1) is 0 Å². The number of hydrogen-bond donors (Lipinski definition) is 1. The van der Waals surface area contributed by atoms with Gasteiger partial charge in [0.1, 0.15) is 5.69 Å². The summed E-state index contributed by atoms with van der Waals surface area (Å²) < 4.78 is 0. The average Bonchev–Trinajstić information content (AvgIpc) is 3.12. The predicted molar refractivity (Wildman–Crippen MR) is 107 cm³/mol. The summed E-state index contributed by atoms with van der Waals surface area (Å²) in [6, 6.07) is 24.7. The lowest BCUT2D eigenvalue weighted by molar-refractivity contribution is 0.0996. The minimum Gasteiger partial charge on any atom is -0.364 e. The van der Waals surface area contributed by atoms with E-state index in [4.69, 9.17) is 5.73 Å². The van der Waals surface area contributed by atoms with Crippen molar-refractivity contribution in [1.29, 1.82) is 0 Å². The van der Waals surface area contributed by atoms with Crippen LogP contribution in [-0.4, -0.2) is 10.9 Å². The molecule has 4 rings (SSSR count). The van der Waals surface area contributed by atoms with Crippen molar-refractivity contribution in [3.8, 4) is 10.4 Å². The molecule has 0 aliphatic carbocycles. The fraction of sp³-hybridized carbons (Fsp3) is 0.0909. The summed E-state index contributed by atoms with van der Waals surface area (Å²) in [5.74, 6) is -0.475. The first-order chi connectivity index (χ1) is 12.7. The van der Waals surface area contributed by atoms with Crippen molar-refractivity contribution in [2.24, 2.45) is 5.73 Å². The van der Waals surface area contributed by atoms with E-state index in [0.717, 1.165) is 28.3 Å². The molecule has 4 heteroatoms. The number of carbonyl (C=O) groups excluding carboxylic acids is 1. The highest BCUT2D eigenvalue weighted by atomic mass is 32.1. The number of fused-ring (bicyclic) bond motifs is 1. The number of aromatic nitrogens is 1. The Morgan fingerprint density at radius 1 is 0.885 bits per heavy atom. The van der Waals surface area contributed by atoms with Gasteiger partial charge in [0.25, 0.3) is 5.91 Å². The first-order valence-electron chi connectivity index (χ1n) is 8.53. The van der Waals surface area contributed by atoms with E-state index in [1.807, 2.05) is 36.4 Å². The van der Waals surface area contributed by atoms with Crippen LogP contribution in [0.3, 0.4) is 0 Å². The smallest absolute Gasteiger partial charge is 0.268 e. The maximum Gasteiger partial charge on any atom is 0.268 e. The quantitative estimate of drug-likeness (QED) is 0.554. The van der Waals surface area contributed by atoms with Crippen LogP contribution >= 0.6 is 11.3 Å². The lowest BCUT2D eigenvalue weighted by Crippen LogP contribution is -2.12. The number of hydrogen-bond acceptors (Lipinski definition) is 3. The van der Waals surface area contributed by atoms with Gasteiger partial charge in [0.2, 0.25) is 0 Å². The van der Waals surface area contributed by atoms with E-state index in [-0.39, 0.29) is 0 Å². The molecule has 0 fully saturated rings. The summed E-state index contributed by atoms with van der Waals surface area (Å²) in [7, 11) is 0. The third-order valence-electron chi connectivity index (χ3n) is 4.38. The minimum atomic E-state index is -0.475. The number of carbonyl (C=O) groups is 1. The van der Waals surface area contributed by atoms with Gasteiger partial charge in [0.15, 0.2) is 0 Å². The van der Waals surface area contributed by atoms with E-state index in [1.165, 1.54) is 16.3 Å². The van der Waals surface area contributed by atoms with Crippen LogP contribution in [0.15, 0.2) is 72.8 Å². The van der Waals surface area contributed by atoms with E-state index in [2.05, 4.69) is 41.4 Å². The summed E-state index contributed by atoms with van der Waals surface area (Å²) in [4.78, 5) is 17.2. The molecule has 0 atom stereocenters. The zero-order valence-electron chi connectivity index (χ0n) is 14.2. The molecule has 1 aromatic heterocycles. The zero-order chi connectivity index (χ0) is 17.9. The number of benzene rings is 3. The number of amides is 1. The van der Waals surface area contributed by atoms with Crippen molar-refractivity contribution in [2.75, 3.05) is 0 Å². The van der Waals surface area contributed by atoms with Gasteiger partial charge in [-0.1, -0.05) is 72.8 Å². The molecule has 26 heavy (non-hydrogen) atoms. The van der Waals surface area contributed by atoms with E-state index >= 15 is 0 Å². The number of rotatable bonds is 5. The molecule has 128 valence electrons. The zero-order valence-corrected chi connectivity index (χ0v) is 15.0. The third-order valence-corrected chi connectivity index (χ3v) is 5.55. The van der Waals surface area contributed by atoms with Gasteiger partial charge in [-0.05, 0) is 28.3 Å². The highest BCUT2D eigenvalue weighted by Crippen LogP contribution is 2.31. The standard InChI is InChI=1S/C22H18N2OS/c23-22(25)20-21(17-7-2-1-3-8-17)26-19(24-20)13-11-15-10-12-16-6-4-5-9-18(16)14-15/h1-10,12,14H,11,13H2,(H2,23,25). The van der Waals surface area contributed by atoms with Crippen LogP contribution in [0.1, 0.15) is 21.1 Å². The monoisotopic (exact) mass is 358 g/mol. The Hall–Kier alpha value is -2.98. The molecule has 3 aromatic carbocycles. The van der Waals surface area contributed by atoms with E-state index in [1.54, 1.807) is 11.3 Å². The summed E-state index contributed by atoms with van der Waals surface area (Å²) in [5.41, 5.74) is 8.16.